The van der Waals surface area contributed by atoms with Crippen LogP contribution in [0.5, 0.6) is 11.5 Å². The minimum absolute atomic E-state index is 0.00853. The highest BCUT2D eigenvalue weighted by molar-refractivity contribution is 7.89. The molecule has 10 heteroatoms. The van der Waals surface area contributed by atoms with E-state index in [2.05, 4.69) is 0 Å². The summed E-state index contributed by atoms with van der Waals surface area (Å²) in [5.41, 5.74) is -0.208. The van der Waals surface area contributed by atoms with Crippen molar-refractivity contribution in [2.45, 2.75) is 4.90 Å². The lowest BCUT2D eigenvalue weighted by Gasteiger charge is -2.26. The van der Waals surface area contributed by atoms with Crippen LogP contribution in [-0.2, 0) is 14.8 Å². The van der Waals surface area contributed by atoms with Crippen LogP contribution in [0, 0.1) is 21.4 Å². The number of non-ortho nitro benzene ring substituents is 1. The summed E-state index contributed by atoms with van der Waals surface area (Å²) in [6.07, 6.45) is 0. The third kappa shape index (κ3) is 4.06. The van der Waals surface area contributed by atoms with Crippen molar-refractivity contribution in [2.75, 3.05) is 26.3 Å². The molecule has 2 aromatic carbocycles. The lowest BCUT2D eigenvalue weighted by Crippen LogP contribution is -2.40. The van der Waals surface area contributed by atoms with E-state index in [1.807, 2.05) is 6.07 Å². The predicted octanol–water partition coefficient (Wildman–Crippen LogP) is 2.28. The van der Waals surface area contributed by atoms with Crippen molar-refractivity contribution in [3.05, 3.63) is 58.1 Å². The maximum absolute atomic E-state index is 12.6. The van der Waals surface area contributed by atoms with Crippen LogP contribution >= 0.6 is 0 Å². The zero-order valence-electron chi connectivity index (χ0n) is 14.1. The topological polar surface area (TPSA) is 123 Å². The lowest BCUT2D eigenvalue weighted by atomic mass is 10.2. The summed E-state index contributed by atoms with van der Waals surface area (Å²) in [6.45, 7) is 1.32. The first-order valence-corrected chi connectivity index (χ1v) is 9.40. The molecule has 0 aliphatic carbocycles. The first kappa shape index (κ1) is 18.8. The van der Waals surface area contributed by atoms with Crippen LogP contribution in [0.2, 0.25) is 0 Å². The Morgan fingerprint density at radius 1 is 1.15 bits per heavy atom. The summed E-state index contributed by atoms with van der Waals surface area (Å²) in [4.78, 5) is 10.3. The fourth-order valence-corrected chi connectivity index (χ4v) is 3.96. The molecule has 0 atom stereocenters. The summed E-state index contributed by atoms with van der Waals surface area (Å²) in [6, 6.07) is 11.3. The van der Waals surface area contributed by atoms with E-state index in [-0.39, 0.29) is 21.9 Å². The van der Waals surface area contributed by atoms with Crippen LogP contribution < -0.4 is 4.74 Å². The number of ether oxygens (including phenoxy) is 2. The molecule has 0 bridgehead atoms. The van der Waals surface area contributed by atoms with Gasteiger partial charge in [-0.05, 0) is 30.3 Å². The summed E-state index contributed by atoms with van der Waals surface area (Å²) in [5.74, 6) is 0.452. The highest BCUT2D eigenvalue weighted by Crippen LogP contribution is 2.29. The van der Waals surface area contributed by atoms with Gasteiger partial charge in [0.2, 0.25) is 10.0 Å². The Balaban J connectivity index is 1.80. The van der Waals surface area contributed by atoms with Crippen molar-refractivity contribution in [2.24, 2.45) is 0 Å². The van der Waals surface area contributed by atoms with Gasteiger partial charge in [-0.1, -0.05) is 0 Å². The molecule has 1 heterocycles. The minimum atomic E-state index is -3.61. The number of nitrogens with zero attached hydrogens (tertiary/aromatic N) is 3. The third-order valence-electron chi connectivity index (χ3n) is 3.95. The van der Waals surface area contributed by atoms with Gasteiger partial charge in [0.25, 0.3) is 5.69 Å². The molecule has 0 radical (unpaired) electrons. The second kappa shape index (κ2) is 7.71. The van der Waals surface area contributed by atoms with E-state index in [4.69, 9.17) is 14.7 Å². The van der Waals surface area contributed by atoms with E-state index >= 15 is 0 Å². The molecule has 1 fully saturated rings. The summed E-state index contributed by atoms with van der Waals surface area (Å²) in [7, 11) is -3.61. The monoisotopic (exact) mass is 389 g/mol. The number of morpholine rings is 1. The molecule has 2 aromatic rings. The number of benzene rings is 2. The van der Waals surface area contributed by atoms with Gasteiger partial charge in [-0.3, -0.25) is 10.1 Å². The molecule has 0 amide bonds. The maximum Gasteiger partial charge on any atom is 0.271 e. The second-order valence-corrected chi connectivity index (χ2v) is 7.58. The standard InChI is InChI=1S/C17H15N3O6S/c18-12-13-11-14(20(21)22)1-6-17(13)26-15-2-4-16(5-3-15)27(23,24)19-7-9-25-10-8-19/h1-6,11H,7-10H2. The van der Waals surface area contributed by atoms with Gasteiger partial charge in [0.05, 0.1) is 23.0 Å². The number of nitro benzene ring substituents is 1. The van der Waals surface area contributed by atoms with Crippen molar-refractivity contribution in [3.63, 3.8) is 0 Å². The Labute approximate surface area is 155 Å². The van der Waals surface area contributed by atoms with Crippen molar-refractivity contribution < 1.29 is 22.8 Å². The third-order valence-corrected chi connectivity index (χ3v) is 5.87. The molecule has 140 valence electrons. The van der Waals surface area contributed by atoms with E-state index in [0.717, 1.165) is 6.07 Å². The average molecular weight is 389 g/mol. The number of rotatable bonds is 5. The number of hydrogen-bond donors (Lipinski definition) is 0. The van der Waals surface area contributed by atoms with Crippen LogP contribution in [0.3, 0.4) is 0 Å². The summed E-state index contributed by atoms with van der Waals surface area (Å²) >= 11 is 0. The van der Waals surface area contributed by atoms with E-state index in [1.54, 1.807) is 0 Å². The molecule has 0 saturated carbocycles. The van der Waals surface area contributed by atoms with Crippen molar-refractivity contribution in [1.29, 1.82) is 5.26 Å². The van der Waals surface area contributed by atoms with Crippen LogP contribution in [0.1, 0.15) is 5.56 Å². The Kier molecular flexibility index (Phi) is 5.36. The molecule has 0 unspecified atom stereocenters. The van der Waals surface area contributed by atoms with E-state index in [9.17, 15) is 18.5 Å². The van der Waals surface area contributed by atoms with Crippen LogP contribution in [0.25, 0.3) is 0 Å². The van der Waals surface area contributed by atoms with Gasteiger partial charge < -0.3 is 9.47 Å². The molecular formula is C17H15N3O6S. The van der Waals surface area contributed by atoms with E-state index in [1.165, 1.54) is 40.7 Å². The molecular weight excluding hydrogens is 374 g/mol. The zero-order chi connectivity index (χ0) is 19.4. The summed E-state index contributed by atoms with van der Waals surface area (Å²) in [5, 5.41) is 19.9. The first-order chi connectivity index (χ1) is 12.9. The highest BCUT2D eigenvalue weighted by atomic mass is 32.2. The Morgan fingerprint density at radius 3 is 2.41 bits per heavy atom. The molecule has 1 saturated heterocycles. The van der Waals surface area contributed by atoms with Gasteiger partial charge in [-0.15, -0.1) is 0 Å². The van der Waals surface area contributed by atoms with Crippen molar-refractivity contribution in [1.82, 2.24) is 4.31 Å². The van der Waals surface area contributed by atoms with Crippen LogP contribution in [0.15, 0.2) is 47.4 Å². The summed E-state index contributed by atoms with van der Waals surface area (Å²) < 4.78 is 37.3. The Bertz CT molecular complexity index is 992. The molecule has 1 aliphatic rings. The van der Waals surface area contributed by atoms with Crippen LogP contribution in [-0.4, -0.2) is 43.9 Å². The van der Waals surface area contributed by atoms with Crippen molar-refractivity contribution in [3.8, 4) is 17.6 Å². The van der Waals surface area contributed by atoms with Gasteiger partial charge in [-0.2, -0.15) is 9.57 Å². The number of nitriles is 1. The number of sulfonamides is 1. The van der Waals surface area contributed by atoms with Crippen molar-refractivity contribution >= 4 is 15.7 Å². The van der Waals surface area contributed by atoms with Gasteiger partial charge in [0.1, 0.15) is 23.1 Å². The second-order valence-electron chi connectivity index (χ2n) is 5.64. The lowest BCUT2D eigenvalue weighted by molar-refractivity contribution is -0.384. The smallest absolute Gasteiger partial charge is 0.271 e. The largest absolute Gasteiger partial charge is 0.456 e. The zero-order valence-corrected chi connectivity index (χ0v) is 14.9. The average Bonchev–Trinajstić information content (AvgIpc) is 2.69. The molecule has 0 aromatic heterocycles. The van der Waals surface area contributed by atoms with E-state index in [0.29, 0.717) is 32.1 Å². The number of hydrogen-bond acceptors (Lipinski definition) is 7. The van der Waals surface area contributed by atoms with Gasteiger partial charge in [0, 0.05) is 25.2 Å². The quantitative estimate of drug-likeness (QED) is 0.568. The number of nitro groups is 1. The minimum Gasteiger partial charge on any atom is -0.456 e. The normalized spacial score (nSPS) is 15.1. The molecule has 3 rings (SSSR count). The molecule has 1 aliphatic heterocycles. The highest BCUT2D eigenvalue weighted by Gasteiger charge is 2.26. The molecule has 27 heavy (non-hydrogen) atoms. The van der Waals surface area contributed by atoms with E-state index < -0.39 is 14.9 Å². The molecule has 0 N–H and O–H groups in total. The van der Waals surface area contributed by atoms with Crippen LogP contribution in [0.4, 0.5) is 5.69 Å². The first-order valence-electron chi connectivity index (χ1n) is 7.96. The van der Waals surface area contributed by atoms with Gasteiger partial charge >= 0.3 is 0 Å². The fraction of sp³-hybridized carbons (Fsp3) is 0.235. The molecule has 9 nitrogen and oxygen atoms in total. The van der Waals surface area contributed by atoms with Gasteiger partial charge in [-0.25, -0.2) is 8.42 Å². The maximum atomic E-state index is 12.6. The Morgan fingerprint density at radius 2 is 1.81 bits per heavy atom. The Hall–Kier alpha value is -3.00. The SMILES string of the molecule is N#Cc1cc([N+](=O)[O-])ccc1Oc1ccc(S(=O)(=O)N2CCOCC2)cc1. The molecule has 0 spiro atoms. The van der Waals surface area contributed by atoms with Gasteiger partial charge in [0.15, 0.2) is 0 Å². The fourth-order valence-electron chi connectivity index (χ4n) is 2.55. The predicted molar refractivity (Wildman–Crippen MR) is 93.9 cm³/mol.